The second-order valence-electron chi connectivity index (χ2n) is 4.22. The Morgan fingerprint density at radius 2 is 1.86 bits per heavy atom. The van der Waals surface area contributed by atoms with Crippen LogP contribution < -0.4 is 9.47 Å². The van der Waals surface area contributed by atoms with Crippen molar-refractivity contribution >= 4 is 17.4 Å². The molecule has 110 valence electrons. The Kier molecular flexibility index (Phi) is 5.17. The number of ether oxygens (including phenoxy) is 2. The Morgan fingerprint density at radius 1 is 1.14 bits per heavy atom. The van der Waals surface area contributed by atoms with Crippen molar-refractivity contribution in [1.82, 2.24) is 0 Å². The number of ketones is 1. The maximum absolute atomic E-state index is 13.6. The van der Waals surface area contributed by atoms with Gasteiger partial charge in [0.1, 0.15) is 5.75 Å². The van der Waals surface area contributed by atoms with Crippen molar-refractivity contribution in [1.29, 1.82) is 0 Å². The van der Waals surface area contributed by atoms with Crippen LogP contribution >= 0.6 is 11.6 Å². The van der Waals surface area contributed by atoms with E-state index in [4.69, 9.17) is 21.1 Å². The van der Waals surface area contributed by atoms with Gasteiger partial charge in [0, 0.05) is 5.56 Å². The fraction of sp³-hybridized carbons (Fsp3) is 0.188. The van der Waals surface area contributed by atoms with Gasteiger partial charge in [0.2, 0.25) is 0 Å². The summed E-state index contributed by atoms with van der Waals surface area (Å²) in [5.74, 6) is -0.270. The first-order valence-corrected chi connectivity index (χ1v) is 6.82. The van der Waals surface area contributed by atoms with Crippen molar-refractivity contribution in [3.63, 3.8) is 0 Å². The van der Waals surface area contributed by atoms with Crippen LogP contribution in [0.4, 0.5) is 4.39 Å². The summed E-state index contributed by atoms with van der Waals surface area (Å²) in [5.41, 5.74) is 0.473. The molecule has 0 aliphatic heterocycles. The number of hydrogen-bond donors (Lipinski definition) is 0. The lowest BCUT2D eigenvalue weighted by atomic mass is 10.1. The molecule has 0 bridgehead atoms. The summed E-state index contributed by atoms with van der Waals surface area (Å²) in [6, 6.07) is 11.1. The first-order chi connectivity index (χ1) is 10.1. The number of carbonyl (C=O) groups excluding carboxylic acids is 1. The van der Waals surface area contributed by atoms with Gasteiger partial charge in [-0.2, -0.15) is 0 Å². The second-order valence-corrected chi connectivity index (χ2v) is 4.63. The van der Waals surface area contributed by atoms with Crippen LogP contribution in [-0.4, -0.2) is 19.0 Å². The molecule has 0 radical (unpaired) electrons. The molecule has 0 unspecified atom stereocenters. The lowest BCUT2D eigenvalue weighted by Gasteiger charge is -2.08. The van der Waals surface area contributed by atoms with Gasteiger partial charge in [-0.3, -0.25) is 4.79 Å². The van der Waals surface area contributed by atoms with Gasteiger partial charge in [-0.1, -0.05) is 17.7 Å². The molecule has 21 heavy (non-hydrogen) atoms. The molecule has 0 amide bonds. The summed E-state index contributed by atoms with van der Waals surface area (Å²) in [6.07, 6.45) is 0. The summed E-state index contributed by atoms with van der Waals surface area (Å²) in [5, 5.41) is -0.0407. The molecule has 2 rings (SSSR count). The van der Waals surface area contributed by atoms with E-state index in [1.54, 1.807) is 30.3 Å². The molecule has 5 heteroatoms. The molecule has 0 aliphatic rings. The van der Waals surface area contributed by atoms with Crippen molar-refractivity contribution in [2.75, 3.05) is 13.2 Å². The maximum atomic E-state index is 13.6. The predicted molar refractivity (Wildman–Crippen MR) is 78.8 cm³/mol. The topological polar surface area (TPSA) is 35.5 Å². The monoisotopic (exact) mass is 308 g/mol. The summed E-state index contributed by atoms with van der Waals surface area (Å²) < 4.78 is 24.1. The normalized spacial score (nSPS) is 10.2. The van der Waals surface area contributed by atoms with Crippen molar-refractivity contribution in [2.45, 2.75) is 6.92 Å². The van der Waals surface area contributed by atoms with Crippen LogP contribution in [0.1, 0.15) is 17.3 Å². The van der Waals surface area contributed by atoms with Crippen LogP contribution in [0.15, 0.2) is 42.5 Å². The zero-order valence-corrected chi connectivity index (χ0v) is 12.2. The van der Waals surface area contributed by atoms with E-state index in [1.807, 2.05) is 6.92 Å². The van der Waals surface area contributed by atoms with E-state index in [-0.39, 0.29) is 23.2 Å². The van der Waals surface area contributed by atoms with Crippen molar-refractivity contribution in [3.8, 4) is 11.5 Å². The predicted octanol–water partition coefficient (Wildman–Crippen LogP) is 4.14. The third-order valence-electron chi connectivity index (χ3n) is 2.76. The molecule has 2 aromatic rings. The average molecular weight is 309 g/mol. The molecule has 0 heterocycles. The fourth-order valence-electron chi connectivity index (χ4n) is 1.73. The first kappa shape index (κ1) is 15.3. The third kappa shape index (κ3) is 3.95. The number of carbonyl (C=O) groups is 1. The van der Waals surface area contributed by atoms with Crippen molar-refractivity contribution < 1.29 is 18.7 Å². The van der Waals surface area contributed by atoms with Crippen LogP contribution in [0.5, 0.6) is 11.5 Å². The maximum Gasteiger partial charge on any atom is 0.200 e. The number of hydrogen-bond acceptors (Lipinski definition) is 3. The highest BCUT2D eigenvalue weighted by atomic mass is 35.5. The number of Topliss-reactive ketones (excluding diaryl/α,β-unsaturated/α-hetero) is 1. The first-order valence-electron chi connectivity index (χ1n) is 6.44. The molecule has 2 aromatic carbocycles. The Hall–Kier alpha value is -2.07. The van der Waals surface area contributed by atoms with Crippen molar-refractivity contribution in [3.05, 3.63) is 58.9 Å². The summed E-state index contributed by atoms with van der Waals surface area (Å²) in [4.78, 5) is 12.0. The van der Waals surface area contributed by atoms with Gasteiger partial charge < -0.3 is 9.47 Å². The van der Waals surface area contributed by atoms with Crippen LogP contribution in [0.25, 0.3) is 0 Å². The Bertz CT molecular complexity index is 626. The number of benzene rings is 2. The third-order valence-corrected chi connectivity index (χ3v) is 3.05. The minimum atomic E-state index is -0.668. The molecule has 0 aliphatic carbocycles. The van der Waals surface area contributed by atoms with Crippen molar-refractivity contribution in [2.24, 2.45) is 0 Å². The largest absolute Gasteiger partial charge is 0.494 e. The lowest BCUT2D eigenvalue weighted by molar-refractivity contribution is 0.0918. The Labute approximate surface area is 127 Å². The smallest absolute Gasteiger partial charge is 0.200 e. The standard InChI is InChI=1S/C16H14ClFO3/c1-2-20-12-8-6-11(7-9-12)14(19)10-21-15-5-3-4-13(17)16(15)18/h3-9H,2,10H2,1H3. The Balaban J connectivity index is 1.99. The van der Waals surface area contributed by atoms with Gasteiger partial charge in [-0.15, -0.1) is 0 Å². The molecule has 0 atom stereocenters. The highest BCUT2D eigenvalue weighted by Crippen LogP contribution is 2.24. The summed E-state index contributed by atoms with van der Waals surface area (Å²) in [6.45, 7) is 2.18. The summed E-state index contributed by atoms with van der Waals surface area (Å²) >= 11 is 5.64. The molecule has 0 aromatic heterocycles. The van der Waals surface area contributed by atoms with Crippen LogP contribution in [0.3, 0.4) is 0 Å². The summed E-state index contributed by atoms with van der Waals surface area (Å²) in [7, 11) is 0. The van der Waals surface area contributed by atoms with Gasteiger partial charge in [0.05, 0.1) is 11.6 Å². The second kappa shape index (κ2) is 7.09. The number of rotatable bonds is 6. The fourth-order valence-corrected chi connectivity index (χ4v) is 1.89. The van der Waals surface area contributed by atoms with Gasteiger partial charge in [-0.05, 0) is 43.3 Å². The SMILES string of the molecule is CCOc1ccc(C(=O)COc2cccc(Cl)c2F)cc1. The minimum Gasteiger partial charge on any atom is -0.494 e. The van der Waals surface area contributed by atoms with E-state index in [0.717, 1.165) is 0 Å². The lowest BCUT2D eigenvalue weighted by Crippen LogP contribution is -2.12. The highest BCUT2D eigenvalue weighted by molar-refractivity contribution is 6.30. The molecular formula is C16H14ClFO3. The molecule has 0 spiro atoms. The van der Waals surface area contributed by atoms with Crippen LogP contribution in [0, 0.1) is 5.82 Å². The van der Waals surface area contributed by atoms with E-state index in [2.05, 4.69) is 0 Å². The van der Waals surface area contributed by atoms with E-state index >= 15 is 0 Å². The molecule has 0 saturated carbocycles. The zero-order valence-electron chi connectivity index (χ0n) is 11.4. The number of halogens is 2. The quantitative estimate of drug-likeness (QED) is 0.752. The van der Waals surface area contributed by atoms with Crippen LogP contribution in [0.2, 0.25) is 5.02 Å². The molecule has 0 fully saturated rings. The molecule has 0 N–H and O–H groups in total. The van der Waals surface area contributed by atoms with Gasteiger partial charge in [0.25, 0.3) is 0 Å². The highest BCUT2D eigenvalue weighted by Gasteiger charge is 2.11. The zero-order chi connectivity index (χ0) is 15.2. The van der Waals surface area contributed by atoms with E-state index in [9.17, 15) is 9.18 Å². The van der Waals surface area contributed by atoms with Gasteiger partial charge >= 0.3 is 0 Å². The molecule has 0 saturated heterocycles. The van der Waals surface area contributed by atoms with Crippen LogP contribution in [-0.2, 0) is 0 Å². The molecular weight excluding hydrogens is 295 g/mol. The molecule has 3 nitrogen and oxygen atoms in total. The van der Waals surface area contributed by atoms with E-state index in [1.165, 1.54) is 12.1 Å². The van der Waals surface area contributed by atoms with Gasteiger partial charge in [-0.25, -0.2) is 4.39 Å². The average Bonchev–Trinajstić information content (AvgIpc) is 2.49. The van der Waals surface area contributed by atoms with E-state index in [0.29, 0.717) is 17.9 Å². The van der Waals surface area contributed by atoms with Gasteiger partial charge in [0.15, 0.2) is 24.0 Å². The minimum absolute atomic E-state index is 0.0400. The van der Waals surface area contributed by atoms with E-state index < -0.39 is 5.82 Å². The Morgan fingerprint density at radius 3 is 2.52 bits per heavy atom.